The highest BCUT2D eigenvalue weighted by atomic mass is 32.2. The van der Waals surface area contributed by atoms with Gasteiger partial charge in [-0.25, -0.2) is 8.77 Å². The molecule has 4 rings (SSSR count). The normalized spacial score (nSPS) is 19.6. The standard InChI is InChI=1S/C24H23O7PS/c25-24-16-23(33(27)31-24)15-20-11-7-8-12-21(20)18-29-32(26,30-22-13-5-2-6-14-22)28-17-19-9-3-1-4-10-19/h1-14,23H,15-18H2. The van der Waals surface area contributed by atoms with E-state index < -0.39 is 30.1 Å². The van der Waals surface area contributed by atoms with E-state index in [0.29, 0.717) is 12.2 Å². The van der Waals surface area contributed by atoms with Gasteiger partial charge in [0.05, 0.1) is 24.9 Å². The second-order valence-electron chi connectivity index (χ2n) is 7.40. The van der Waals surface area contributed by atoms with Gasteiger partial charge >= 0.3 is 13.8 Å². The quantitative estimate of drug-likeness (QED) is 0.367. The van der Waals surface area contributed by atoms with E-state index in [1.807, 2.05) is 60.7 Å². The third-order valence-electron chi connectivity index (χ3n) is 4.98. The Morgan fingerprint density at radius 1 is 0.848 bits per heavy atom. The summed E-state index contributed by atoms with van der Waals surface area (Å²) >= 11 is -1.67. The van der Waals surface area contributed by atoms with Gasteiger partial charge in [-0.3, -0.25) is 13.8 Å². The summed E-state index contributed by atoms with van der Waals surface area (Å²) in [5, 5.41) is -0.430. The summed E-state index contributed by atoms with van der Waals surface area (Å²) in [4.78, 5) is 11.4. The molecule has 1 heterocycles. The Morgan fingerprint density at radius 2 is 1.45 bits per heavy atom. The lowest BCUT2D eigenvalue weighted by molar-refractivity contribution is -0.131. The molecule has 0 spiro atoms. The van der Waals surface area contributed by atoms with E-state index in [-0.39, 0.29) is 19.6 Å². The predicted octanol–water partition coefficient (Wildman–Crippen LogP) is 5.13. The smallest absolute Gasteiger partial charge is 0.404 e. The Morgan fingerprint density at radius 3 is 2.12 bits per heavy atom. The molecule has 3 unspecified atom stereocenters. The van der Waals surface area contributed by atoms with Gasteiger partial charge in [-0.1, -0.05) is 72.8 Å². The van der Waals surface area contributed by atoms with Gasteiger partial charge in [0.1, 0.15) is 5.75 Å². The zero-order valence-corrected chi connectivity index (χ0v) is 19.4. The number of benzene rings is 3. The highest BCUT2D eigenvalue weighted by Gasteiger charge is 2.33. The number of phosphoric acid groups is 1. The maximum atomic E-state index is 13.5. The average Bonchev–Trinajstić information content (AvgIpc) is 3.15. The number of hydrogen-bond acceptors (Lipinski definition) is 7. The number of carbonyl (C=O) groups is 1. The first-order valence-electron chi connectivity index (χ1n) is 10.4. The number of rotatable bonds is 10. The molecule has 3 aromatic carbocycles. The Kier molecular flexibility index (Phi) is 7.73. The molecule has 1 aliphatic rings. The largest absolute Gasteiger partial charge is 0.530 e. The molecule has 3 atom stereocenters. The molecule has 0 saturated carbocycles. The summed E-state index contributed by atoms with van der Waals surface area (Å²) in [5.41, 5.74) is 2.38. The number of para-hydroxylation sites is 1. The highest BCUT2D eigenvalue weighted by molar-refractivity contribution is 7.81. The van der Waals surface area contributed by atoms with Crippen molar-refractivity contribution < 1.29 is 31.3 Å². The zero-order valence-electron chi connectivity index (χ0n) is 17.7. The molecule has 1 fully saturated rings. The first-order valence-corrected chi connectivity index (χ1v) is 13.0. The maximum absolute atomic E-state index is 13.5. The van der Waals surface area contributed by atoms with Crippen LogP contribution in [0.5, 0.6) is 5.75 Å². The minimum Gasteiger partial charge on any atom is -0.404 e. The van der Waals surface area contributed by atoms with Crippen molar-refractivity contribution in [3.8, 4) is 5.75 Å². The van der Waals surface area contributed by atoms with Crippen LogP contribution >= 0.6 is 7.82 Å². The third kappa shape index (κ3) is 6.62. The highest BCUT2D eigenvalue weighted by Crippen LogP contribution is 2.51. The SMILES string of the molecule is O=C1CC(Cc2ccccc2COP(=O)(OCc2ccccc2)Oc2ccccc2)S(=O)O1. The van der Waals surface area contributed by atoms with Crippen molar-refractivity contribution in [1.29, 1.82) is 0 Å². The minimum atomic E-state index is -3.99. The monoisotopic (exact) mass is 486 g/mol. The first-order chi connectivity index (χ1) is 16.0. The van der Waals surface area contributed by atoms with Crippen molar-refractivity contribution in [2.24, 2.45) is 0 Å². The predicted molar refractivity (Wildman–Crippen MR) is 123 cm³/mol. The van der Waals surface area contributed by atoms with Gasteiger partial charge in [0.2, 0.25) is 11.1 Å². The van der Waals surface area contributed by atoms with E-state index in [9.17, 15) is 13.6 Å². The van der Waals surface area contributed by atoms with Crippen LogP contribution in [-0.4, -0.2) is 15.4 Å². The second-order valence-corrected chi connectivity index (χ2v) is 10.3. The fraction of sp³-hybridized carbons (Fsp3) is 0.208. The Hall–Kier alpha value is -2.77. The van der Waals surface area contributed by atoms with Gasteiger partial charge in [0.15, 0.2) is 0 Å². The Balaban J connectivity index is 1.49. The molecule has 0 aliphatic carbocycles. The van der Waals surface area contributed by atoms with Gasteiger partial charge in [0, 0.05) is 0 Å². The minimum absolute atomic E-state index is 0.0487. The summed E-state index contributed by atoms with van der Waals surface area (Å²) in [6.07, 6.45) is 0.463. The van der Waals surface area contributed by atoms with Crippen molar-refractivity contribution in [2.75, 3.05) is 0 Å². The molecule has 0 radical (unpaired) electrons. The molecule has 0 aromatic heterocycles. The van der Waals surface area contributed by atoms with E-state index in [1.54, 1.807) is 24.3 Å². The number of phosphoric ester groups is 1. The van der Waals surface area contributed by atoms with Crippen molar-refractivity contribution in [2.45, 2.75) is 31.3 Å². The maximum Gasteiger partial charge on any atom is 0.530 e. The molecular formula is C24H23O7PS. The topological polar surface area (TPSA) is 88.1 Å². The van der Waals surface area contributed by atoms with Gasteiger partial charge < -0.3 is 8.71 Å². The zero-order chi connectivity index (χ0) is 23.1. The molecule has 3 aromatic rings. The van der Waals surface area contributed by atoms with E-state index >= 15 is 0 Å². The summed E-state index contributed by atoms with van der Waals surface area (Å²) in [6.45, 7) is -0.00363. The molecule has 33 heavy (non-hydrogen) atoms. The fourth-order valence-corrected chi connectivity index (χ4v) is 5.45. The van der Waals surface area contributed by atoms with Gasteiger partial charge in [-0.2, -0.15) is 0 Å². The van der Waals surface area contributed by atoms with Crippen LogP contribution in [0.2, 0.25) is 0 Å². The Bertz CT molecular complexity index is 1150. The van der Waals surface area contributed by atoms with Crippen LogP contribution < -0.4 is 4.52 Å². The molecule has 0 amide bonds. The number of carbonyl (C=O) groups excluding carboxylic acids is 1. The lowest BCUT2D eigenvalue weighted by Crippen LogP contribution is -2.14. The van der Waals surface area contributed by atoms with Crippen LogP contribution in [0.1, 0.15) is 23.1 Å². The van der Waals surface area contributed by atoms with Crippen molar-refractivity contribution in [3.63, 3.8) is 0 Å². The van der Waals surface area contributed by atoms with E-state index in [2.05, 4.69) is 0 Å². The van der Waals surface area contributed by atoms with Crippen LogP contribution in [0.25, 0.3) is 0 Å². The molecule has 7 nitrogen and oxygen atoms in total. The van der Waals surface area contributed by atoms with Crippen molar-refractivity contribution >= 4 is 24.9 Å². The van der Waals surface area contributed by atoms with Crippen LogP contribution in [-0.2, 0) is 53.3 Å². The van der Waals surface area contributed by atoms with Gasteiger partial charge in [-0.15, -0.1) is 0 Å². The lowest BCUT2D eigenvalue weighted by Gasteiger charge is -2.20. The summed E-state index contributed by atoms with van der Waals surface area (Å²) < 4.78 is 47.3. The third-order valence-corrected chi connectivity index (χ3v) is 7.53. The van der Waals surface area contributed by atoms with Crippen LogP contribution in [0, 0.1) is 0 Å². The van der Waals surface area contributed by atoms with E-state index in [1.165, 1.54) is 0 Å². The molecule has 1 saturated heterocycles. The van der Waals surface area contributed by atoms with Crippen molar-refractivity contribution in [1.82, 2.24) is 0 Å². The van der Waals surface area contributed by atoms with E-state index in [4.69, 9.17) is 17.8 Å². The average molecular weight is 486 g/mol. The lowest BCUT2D eigenvalue weighted by atomic mass is 10.0. The molecule has 9 heteroatoms. The molecular weight excluding hydrogens is 463 g/mol. The molecule has 172 valence electrons. The van der Waals surface area contributed by atoms with Crippen LogP contribution in [0.15, 0.2) is 84.9 Å². The molecule has 0 N–H and O–H groups in total. The fourth-order valence-electron chi connectivity index (χ4n) is 3.31. The van der Waals surface area contributed by atoms with Crippen LogP contribution in [0.4, 0.5) is 0 Å². The van der Waals surface area contributed by atoms with Gasteiger partial charge in [0.25, 0.3) is 0 Å². The molecule has 0 bridgehead atoms. The second kappa shape index (κ2) is 10.9. The first kappa shape index (κ1) is 23.4. The van der Waals surface area contributed by atoms with Gasteiger partial charge in [-0.05, 0) is 35.2 Å². The molecule has 1 aliphatic heterocycles. The summed E-state index contributed by atoms with van der Waals surface area (Å²) in [7, 11) is -3.99. The van der Waals surface area contributed by atoms with Crippen LogP contribution in [0.3, 0.4) is 0 Å². The van der Waals surface area contributed by atoms with Crippen molar-refractivity contribution in [3.05, 3.63) is 102 Å². The number of hydrogen-bond donors (Lipinski definition) is 0. The Labute approximate surface area is 194 Å². The summed E-state index contributed by atoms with van der Waals surface area (Å²) in [5.74, 6) is -0.110. The summed E-state index contributed by atoms with van der Waals surface area (Å²) in [6, 6.07) is 25.3. The van der Waals surface area contributed by atoms with E-state index in [0.717, 1.165) is 16.7 Å².